The lowest BCUT2D eigenvalue weighted by Crippen LogP contribution is -2.09. The van der Waals surface area contributed by atoms with E-state index in [4.69, 9.17) is 14.2 Å². The lowest BCUT2D eigenvalue weighted by atomic mass is 10.0. The molecular weight excluding hydrogens is 270 g/mol. The van der Waals surface area contributed by atoms with Crippen molar-refractivity contribution in [1.82, 2.24) is 4.98 Å². The van der Waals surface area contributed by atoms with E-state index < -0.39 is 0 Å². The fraction of sp³-hybridized carbons (Fsp3) is 0.250. The summed E-state index contributed by atoms with van der Waals surface area (Å²) < 4.78 is 15.7. The van der Waals surface area contributed by atoms with Gasteiger partial charge in [0.2, 0.25) is 6.79 Å². The first-order chi connectivity index (χ1) is 10.3. The molecule has 0 unspecified atom stereocenters. The van der Waals surface area contributed by atoms with Crippen molar-refractivity contribution in [2.45, 2.75) is 13.3 Å². The van der Waals surface area contributed by atoms with Crippen molar-refractivity contribution in [1.29, 1.82) is 0 Å². The summed E-state index contributed by atoms with van der Waals surface area (Å²) in [5, 5.41) is 0. The lowest BCUT2D eigenvalue weighted by Gasteiger charge is -2.08. The molecule has 2 heterocycles. The van der Waals surface area contributed by atoms with Gasteiger partial charge in [-0.2, -0.15) is 0 Å². The van der Waals surface area contributed by atoms with E-state index in [1.165, 1.54) is 0 Å². The predicted octanol–water partition coefficient (Wildman–Crippen LogP) is 2.58. The van der Waals surface area contributed by atoms with Crippen molar-refractivity contribution in [3.05, 3.63) is 53.3 Å². The molecule has 108 valence electrons. The SMILES string of the molecule is CCOC(=O)c1cccnc1Cc1ccc2c(c1)OCO2. The second kappa shape index (κ2) is 5.83. The highest BCUT2D eigenvalue weighted by Crippen LogP contribution is 2.33. The van der Waals surface area contributed by atoms with Gasteiger partial charge >= 0.3 is 5.97 Å². The fourth-order valence-corrected chi connectivity index (χ4v) is 2.22. The minimum atomic E-state index is -0.346. The highest BCUT2D eigenvalue weighted by molar-refractivity contribution is 5.90. The Morgan fingerprint density at radius 1 is 1.29 bits per heavy atom. The van der Waals surface area contributed by atoms with Crippen molar-refractivity contribution in [3.63, 3.8) is 0 Å². The minimum Gasteiger partial charge on any atom is -0.462 e. The van der Waals surface area contributed by atoms with Gasteiger partial charge in [0.15, 0.2) is 11.5 Å². The van der Waals surface area contributed by atoms with Gasteiger partial charge in [0.1, 0.15) is 0 Å². The topological polar surface area (TPSA) is 57.7 Å². The third-order valence-corrected chi connectivity index (χ3v) is 3.19. The molecule has 0 bridgehead atoms. The Kier molecular flexibility index (Phi) is 3.73. The summed E-state index contributed by atoms with van der Waals surface area (Å²) in [6.07, 6.45) is 2.21. The molecule has 5 nitrogen and oxygen atoms in total. The van der Waals surface area contributed by atoms with E-state index in [-0.39, 0.29) is 12.8 Å². The number of hydrogen-bond donors (Lipinski definition) is 0. The molecule has 0 radical (unpaired) electrons. The van der Waals surface area contributed by atoms with E-state index in [0.29, 0.717) is 24.3 Å². The highest BCUT2D eigenvalue weighted by atomic mass is 16.7. The van der Waals surface area contributed by atoms with Crippen LogP contribution < -0.4 is 9.47 Å². The molecule has 0 aliphatic carbocycles. The molecular formula is C16H15NO4. The molecule has 1 aromatic carbocycles. The largest absolute Gasteiger partial charge is 0.462 e. The van der Waals surface area contributed by atoms with Crippen LogP contribution in [0.1, 0.15) is 28.5 Å². The molecule has 2 aromatic rings. The molecule has 1 aromatic heterocycles. The van der Waals surface area contributed by atoms with Gasteiger partial charge in [-0.1, -0.05) is 6.07 Å². The number of nitrogens with zero attached hydrogens (tertiary/aromatic N) is 1. The maximum Gasteiger partial charge on any atom is 0.339 e. The van der Waals surface area contributed by atoms with Crippen molar-refractivity contribution >= 4 is 5.97 Å². The van der Waals surface area contributed by atoms with Crippen LogP contribution in [0, 0.1) is 0 Å². The van der Waals surface area contributed by atoms with Crippen LogP contribution in [0.5, 0.6) is 11.5 Å². The van der Waals surface area contributed by atoms with Crippen molar-refractivity contribution in [2.24, 2.45) is 0 Å². The van der Waals surface area contributed by atoms with Gasteiger partial charge in [-0.25, -0.2) is 4.79 Å². The number of pyridine rings is 1. The maximum absolute atomic E-state index is 11.9. The first-order valence-electron chi connectivity index (χ1n) is 6.77. The quantitative estimate of drug-likeness (QED) is 0.808. The number of carbonyl (C=O) groups is 1. The van der Waals surface area contributed by atoms with Crippen LogP contribution >= 0.6 is 0 Å². The Balaban J connectivity index is 1.86. The minimum absolute atomic E-state index is 0.246. The Bertz CT molecular complexity index is 669. The van der Waals surface area contributed by atoms with Gasteiger partial charge in [0.25, 0.3) is 0 Å². The van der Waals surface area contributed by atoms with Crippen LogP contribution in [0.15, 0.2) is 36.5 Å². The van der Waals surface area contributed by atoms with Gasteiger partial charge in [-0.3, -0.25) is 4.98 Å². The number of hydrogen-bond acceptors (Lipinski definition) is 5. The average Bonchev–Trinajstić information content (AvgIpc) is 2.95. The standard InChI is InChI=1S/C16H15NO4/c1-2-19-16(18)12-4-3-7-17-13(12)8-11-5-6-14-15(9-11)21-10-20-14/h3-7,9H,2,8,10H2,1H3. The number of aromatic nitrogens is 1. The molecule has 0 fully saturated rings. The number of fused-ring (bicyclic) bond motifs is 1. The summed E-state index contributed by atoms with van der Waals surface area (Å²) in [6, 6.07) is 9.18. The van der Waals surface area contributed by atoms with E-state index in [2.05, 4.69) is 4.98 Å². The van der Waals surface area contributed by atoms with Gasteiger partial charge in [0, 0.05) is 12.6 Å². The summed E-state index contributed by atoms with van der Waals surface area (Å²) in [5.74, 6) is 1.12. The molecule has 0 spiro atoms. The molecule has 21 heavy (non-hydrogen) atoms. The Morgan fingerprint density at radius 2 is 2.14 bits per heavy atom. The normalized spacial score (nSPS) is 12.2. The molecule has 0 saturated heterocycles. The summed E-state index contributed by atoms with van der Waals surface area (Å²) in [4.78, 5) is 16.2. The molecule has 5 heteroatoms. The van der Waals surface area contributed by atoms with E-state index in [9.17, 15) is 4.79 Å². The van der Waals surface area contributed by atoms with Gasteiger partial charge in [-0.05, 0) is 36.8 Å². The van der Waals surface area contributed by atoms with Gasteiger partial charge < -0.3 is 14.2 Å². The monoisotopic (exact) mass is 285 g/mol. The van der Waals surface area contributed by atoms with E-state index in [0.717, 1.165) is 17.1 Å². The predicted molar refractivity (Wildman–Crippen MR) is 75.6 cm³/mol. The first-order valence-corrected chi connectivity index (χ1v) is 6.77. The number of rotatable bonds is 4. The zero-order chi connectivity index (χ0) is 14.7. The third-order valence-electron chi connectivity index (χ3n) is 3.19. The Labute approximate surface area is 122 Å². The Hall–Kier alpha value is -2.56. The molecule has 0 atom stereocenters. The molecule has 1 aliphatic rings. The number of carbonyl (C=O) groups excluding carboxylic acids is 1. The average molecular weight is 285 g/mol. The third kappa shape index (κ3) is 2.81. The van der Waals surface area contributed by atoms with Crippen molar-refractivity contribution in [2.75, 3.05) is 13.4 Å². The van der Waals surface area contributed by atoms with Crippen LogP contribution in [0.4, 0.5) is 0 Å². The molecule has 0 saturated carbocycles. The summed E-state index contributed by atoms with van der Waals surface area (Å²) >= 11 is 0. The summed E-state index contributed by atoms with van der Waals surface area (Å²) in [5.41, 5.74) is 2.19. The zero-order valence-corrected chi connectivity index (χ0v) is 11.7. The van der Waals surface area contributed by atoms with Crippen molar-refractivity contribution in [3.8, 4) is 11.5 Å². The van der Waals surface area contributed by atoms with E-state index in [1.54, 1.807) is 25.3 Å². The van der Waals surface area contributed by atoms with Crippen LogP contribution in [0.2, 0.25) is 0 Å². The van der Waals surface area contributed by atoms with Gasteiger partial charge in [0.05, 0.1) is 17.9 Å². The number of esters is 1. The zero-order valence-electron chi connectivity index (χ0n) is 11.7. The molecule has 1 aliphatic heterocycles. The van der Waals surface area contributed by atoms with Crippen LogP contribution in [-0.2, 0) is 11.2 Å². The second-order valence-electron chi connectivity index (χ2n) is 4.58. The van der Waals surface area contributed by atoms with E-state index >= 15 is 0 Å². The summed E-state index contributed by atoms with van der Waals surface area (Å²) in [7, 11) is 0. The van der Waals surface area contributed by atoms with Gasteiger partial charge in [-0.15, -0.1) is 0 Å². The molecule has 0 amide bonds. The van der Waals surface area contributed by atoms with Crippen molar-refractivity contribution < 1.29 is 19.0 Å². The second-order valence-corrected chi connectivity index (χ2v) is 4.58. The van der Waals surface area contributed by atoms with E-state index in [1.807, 2.05) is 18.2 Å². The fourth-order valence-electron chi connectivity index (χ4n) is 2.22. The molecule has 0 N–H and O–H groups in total. The molecule has 3 rings (SSSR count). The number of ether oxygens (including phenoxy) is 3. The number of benzene rings is 1. The first kappa shape index (κ1) is 13.4. The van der Waals surface area contributed by atoms with Crippen LogP contribution in [0.3, 0.4) is 0 Å². The van der Waals surface area contributed by atoms with Crippen LogP contribution in [-0.4, -0.2) is 24.4 Å². The Morgan fingerprint density at radius 3 is 3.00 bits per heavy atom. The lowest BCUT2D eigenvalue weighted by molar-refractivity contribution is 0.0524. The maximum atomic E-state index is 11.9. The smallest absolute Gasteiger partial charge is 0.339 e. The highest BCUT2D eigenvalue weighted by Gasteiger charge is 2.16. The van der Waals surface area contributed by atoms with Crippen LogP contribution in [0.25, 0.3) is 0 Å². The summed E-state index contributed by atoms with van der Waals surface area (Å²) in [6.45, 7) is 2.37.